The minimum absolute atomic E-state index is 0.138. The van der Waals surface area contributed by atoms with Crippen molar-refractivity contribution in [2.24, 2.45) is 5.41 Å². The summed E-state index contributed by atoms with van der Waals surface area (Å²) in [6.07, 6.45) is 0. The lowest BCUT2D eigenvalue weighted by atomic mass is 9.90. The van der Waals surface area contributed by atoms with Gasteiger partial charge >= 0.3 is 0 Å². The molecule has 1 aliphatic heterocycles. The molecule has 4 heteroatoms. The van der Waals surface area contributed by atoms with Crippen molar-refractivity contribution in [2.75, 3.05) is 31.3 Å². The second kappa shape index (κ2) is 3.62. The number of hydrogen-bond donors (Lipinski definition) is 2. The number of nitrogens with two attached hydrogens (primary N) is 2. The Labute approximate surface area is 89.2 Å². The fourth-order valence-corrected chi connectivity index (χ4v) is 1.52. The minimum atomic E-state index is 0.138. The quantitative estimate of drug-likeness (QED) is 0.734. The summed E-state index contributed by atoms with van der Waals surface area (Å²) >= 11 is 0. The summed E-state index contributed by atoms with van der Waals surface area (Å²) < 4.78 is 10.8. The molecule has 1 fully saturated rings. The van der Waals surface area contributed by atoms with Gasteiger partial charge in [-0.25, -0.2) is 0 Å². The zero-order valence-corrected chi connectivity index (χ0v) is 8.82. The molecule has 0 bridgehead atoms. The van der Waals surface area contributed by atoms with Crippen molar-refractivity contribution in [1.29, 1.82) is 0 Å². The normalized spacial score (nSPS) is 18.2. The summed E-state index contributed by atoms with van der Waals surface area (Å²) in [5.74, 6) is 0.723. The summed E-state index contributed by atoms with van der Waals surface area (Å²) in [4.78, 5) is 0. The lowest BCUT2D eigenvalue weighted by molar-refractivity contribution is -0.120. The molecule has 4 N–H and O–H groups in total. The molecule has 0 amide bonds. The molecule has 0 atom stereocenters. The monoisotopic (exact) mass is 208 g/mol. The van der Waals surface area contributed by atoms with Gasteiger partial charge in [0, 0.05) is 28.9 Å². The molecule has 2 rings (SSSR count). The molecule has 1 aromatic carbocycles. The fourth-order valence-electron chi connectivity index (χ4n) is 1.52. The van der Waals surface area contributed by atoms with Crippen LogP contribution in [0.3, 0.4) is 0 Å². The molecule has 0 spiro atoms. The second-order valence-corrected chi connectivity index (χ2v) is 4.43. The highest BCUT2D eigenvalue weighted by molar-refractivity contribution is 5.56. The summed E-state index contributed by atoms with van der Waals surface area (Å²) in [6.45, 7) is 4.28. The lowest BCUT2D eigenvalue weighted by Crippen LogP contribution is -2.44. The Morgan fingerprint density at radius 1 is 1.27 bits per heavy atom. The predicted molar refractivity (Wildman–Crippen MR) is 59.7 cm³/mol. The number of hydrogen-bond acceptors (Lipinski definition) is 4. The molecule has 0 unspecified atom stereocenters. The van der Waals surface area contributed by atoms with Gasteiger partial charge in [-0.3, -0.25) is 0 Å². The van der Waals surface area contributed by atoms with Gasteiger partial charge in [-0.05, 0) is 6.07 Å². The van der Waals surface area contributed by atoms with E-state index in [0.29, 0.717) is 18.0 Å². The summed E-state index contributed by atoms with van der Waals surface area (Å²) in [5.41, 5.74) is 12.7. The van der Waals surface area contributed by atoms with Crippen LogP contribution in [0.15, 0.2) is 18.2 Å². The van der Waals surface area contributed by atoms with E-state index in [9.17, 15) is 0 Å². The first-order valence-corrected chi connectivity index (χ1v) is 4.94. The lowest BCUT2D eigenvalue weighted by Gasteiger charge is -2.37. The van der Waals surface area contributed by atoms with E-state index in [0.717, 1.165) is 19.0 Å². The maximum atomic E-state index is 5.66. The molecule has 1 aromatic rings. The van der Waals surface area contributed by atoms with E-state index in [-0.39, 0.29) is 5.41 Å². The Bertz CT molecular complexity index is 341. The van der Waals surface area contributed by atoms with Crippen LogP contribution in [0.2, 0.25) is 0 Å². The van der Waals surface area contributed by atoms with Gasteiger partial charge in [0.05, 0.1) is 19.8 Å². The molecule has 1 aliphatic rings. The first-order valence-electron chi connectivity index (χ1n) is 4.94. The molecule has 0 radical (unpaired) electrons. The average Bonchev–Trinajstić information content (AvgIpc) is 2.10. The smallest absolute Gasteiger partial charge is 0.123 e. The standard InChI is InChI=1S/C11H16N2O2/c1-11(5-14-6-11)7-15-10-3-8(12)2-9(13)4-10/h2-4H,5-7,12-13H2,1H3. The molecule has 0 aliphatic carbocycles. The van der Waals surface area contributed by atoms with E-state index in [1.54, 1.807) is 18.2 Å². The topological polar surface area (TPSA) is 70.5 Å². The fraction of sp³-hybridized carbons (Fsp3) is 0.455. The number of nitrogen functional groups attached to an aromatic ring is 2. The molecule has 4 nitrogen and oxygen atoms in total. The number of benzene rings is 1. The maximum Gasteiger partial charge on any atom is 0.123 e. The molecule has 15 heavy (non-hydrogen) atoms. The summed E-state index contributed by atoms with van der Waals surface area (Å²) in [5, 5.41) is 0. The molecule has 82 valence electrons. The van der Waals surface area contributed by atoms with Crippen molar-refractivity contribution in [2.45, 2.75) is 6.92 Å². The third-order valence-corrected chi connectivity index (χ3v) is 2.44. The van der Waals surface area contributed by atoms with Gasteiger partial charge in [0.15, 0.2) is 0 Å². The Hall–Kier alpha value is -1.42. The Balaban J connectivity index is 1.98. The second-order valence-electron chi connectivity index (χ2n) is 4.43. The third kappa shape index (κ3) is 2.33. The largest absolute Gasteiger partial charge is 0.493 e. The van der Waals surface area contributed by atoms with Crippen LogP contribution in [0.1, 0.15) is 6.92 Å². The van der Waals surface area contributed by atoms with Crippen molar-refractivity contribution in [3.05, 3.63) is 18.2 Å². The zero-order valence-electron chi connectivity index (χ0n) is 8.82. The van der Waals surface area contributed by atoms with E-state index >= 15 is 0 Å². The number of rotatable bonds is 3. The Kier molecular flexibility index (Phi) is 2.44. The highest BCUT2D eigenvalue weighted by Gasteiger charge is 2.34. The van der Waals surface area contributed by atoms with Crippen molar-refractivity contribution in [1.82, 2.24) is 0 Å². The van der Waals surface area contributed by atoms with Crippen molar-refractivity contribution < 1.29 is 9.47 Å². The first kappa shape index (κ1) is 10.1. The molecule has 1 heterocycles. The van der Waals surface area contributed by atoms with Gasteiger partial charge in [-0.2, -0.15) is 0 Å². The maximum absolute atomic E-state index is 5.66. The van der Waals surface area contributed by atoms with E-state index in [2.05, 4.69) is 6.92 Å². The SMILES string of the molecule is CC1(COc2cc(N)cc(N)c2)COC1. The highest BCUT2D eigenvalue weighted by Crippen LogP contribution is 2.28. The van der Waals surface area contributed by atoms with Crippen molar-refractivity contribution in [3.8, 4) is 5.75 Å². The summed E-state index contributed by atoms with van der Waals surface area (Å²) in [6, 6.07) is 5.26. The van der Waals surface area contributed by atoms with Crippen LogP contribution in [0.4, 0.5) is 11.4 Å². The first-order chi connectivity index (χ1) is 7.07. The van der Waals surface area contributed by atoms with Gasteiger partial charge in [-0.1, -0.05) is 6.92 Å². The van der Waals surface area contributed by atoms with Crippen LogP contribution in [0.25, 0.3) is 0 Å². The molecule has 1 saturated heterocycles. The van der Waals surface area contributed by atoms with E-state index in [4.69, 9.17) is 20.9 Å². The summed E-state index contributed by atoms with van der Waals surface area (Å²) in [7, 11) is 0. The van der Waals surface area contributed by atoms with Crippen LogP contribution in [0.5, 0.6) is 5.75 Å². The van der Waals surface area contributed by atoms with Crippen LogP contribution in [0, 0.1) is 5.41 Å². The van der Waals surface area contributed by atoms with Crippen molar-refractivity contribution >= 4 is 11.4 Å². The minimum Gasteiger partial charge on any atom is -0.493 e. The molecular formula is C11H16N2O2. The highest BCUT2D eigenvalue weighted by atomic mass is 16.5. The zero-order chi connectivity index (χ0) is 10.9. The van der Waals surface area contributed by atoms with Crippen LogP contribution in [-0.4, -0.2) is 19.8 Å². The number of ether oxygens (including phenoxy) is 2. The Morgan fingerprint density at radius 2 is 1.87 bits per heavy atom. The van der Waals surface area contributed by atoms with E-state index < -0.39 is 0 Å². The van der Waals surface area contributed by atoms with Crippen LogP contribution in [-0.2, 0) is 4.74 Å². The van der Waals surface area contributed by atoms with E-state index in [1.807, 2.05) is 0 Å². The average molecular weight is 208 g/mol. The Morgan fingerprint density at radius 3 is 2.33 bits per heavy atom. The van der Waals surface area contributed by atoms with Gasteiger partial charge in [-0.15, -0.1) is 0 Å². The molecule has 0 aromatic heterocycles. The van der Waals surface area contributed by atoms with E-state index in [1.165, 1.54) is 0 Å². The molecular weight excluding hydrogens is 192 g/mol. The van der Waals surface area contributed by atoms with Crippen LogP contribution < -0.4 is 16.2 Å². The van der Waals surface area contributed by atoms with Gasteiger partial charge in [0.25, 0.3) is 0 Å². The van der Waals surface area contributed by atoms with Crippen molar-refractivity contribution in [3.63, 3.8) is 0 Å². The predicted octanol–water partition coefficient (Wildman–Crippen LogP) is 1.27. The molecule has 0 saturated carbocycles. The number of anilines is 2. The van der Waals surface area contributed by atoms with Gasteiger partial charge < -0.3 is 20.9 Å². The van der Waals surface area contributed by atoms with Gasteiger partial charge in [0.1, 0.15) is 5.75 Å². The van der Waals surface area contributed by atoms with Crippen LogP contribution >= 0.6 is 0 Å². The third-order valence-electron chi connectivity index (χ3n) is 2.44. The van der Waals surface area contributed by atoms with Gasteiger partial charge in [0.2, 0.25) is 0 Å².